The predicted molar refractivity (Wildman–Crippen MR) is 90.3 cm³/mol. The van der Waals surface area contributed by atoms with E-state index in [1.807, 2.05) is 0 Å². The molecule has 0 aliphatic heterocycles. The second kappa shape index (κ2) is 7.91. The fourth-order valence-electron chi connectivity index (χ4n) is 1.99. The Hall–Kier alpha value is -3.42. The number of nitrogens with zero attached hydrogens (tertiary/aromatic N) is 1. The number of benzene rings is 2. The van der Waals surface area contributed by atoms with Crippen molar-refractivity contribution in [2.45, 2.75) is 0 Å². The molecule has 0 saturated heterocycles. The first-order chi connectivity index (χ1) is 11.9. The first-order valence-corrected chi connectivity index (χ1v) is 7.09. The average molecular weight is 346 g/mol. The third kappa shape index (κ3) is 4.77. The van der Waals surface area contributed by atoms with Crippen LogP contribution in [0.15, 0.2) is 42.5 Å². The molecule has 0 aromatic heterocycles. The van der Waals surface area contributed by atoms with Gasteiger partial charge < -0.3 is 14.8 Å². The number of hydrogen-bond donors (Lipinski definition) is 1. The van der Waals surface area contributed by atoms with E-state index in [0.29, 0.717) is 17.1 Å². The summed E-state index contributed by atoms with van der Waals surface area (Å²) in [4.78, 5) is 22.0. The van der Waals surface area contributed by atoms with Crippen LogP contribution in [0.4, 0.5) is 15.8 Å². The highest BCUT2D eigenvalue weighted by Crippen LogP contribution is 2.24. The Balaban J connectivity index is 2.16. The van der Waals surface area contributed by atoms with Crippen LogP contribution in [-0.2, 0) is 4.79 Å². The van der Waals surface area contributed by atoms with E-state index in [1.165, 1.54) is 26.4 Å². The molecule has 0 unspecified atom stereocenters. The van der Waals surface area contributed by atoms with Gasteiger partial charge in [-0.25, -0.2) is 4.39 Å². The number of nitro benzene ring substituents is 1. The van der Waals surface area contributed by atoms with E-state index in [4.69, 9.17) is 9.47 Å². The number of ether oxygens (including phenoxy) is 2. The maximum absolute atomic E-state index is 13.7. The van der Waals surface area contributed by atoms with Crippen LogP contribution in [0.3, 0.4) is 0 Å². The number of amides is 1. The summed E-state index contributed by atoms with van der Waals surface area (Å²) in [6.45, 7) is 0. The van der Waals surface area contributed by atoms with Gasteiger partial charge in [0.05, 0.1) is 24.8 Å². The van der Waals surface area contributed by atoms with E-state index < -0.39 is 16.6 Å². The number of nitrogens with one attached hydrogen (secondary N) is 1. The predicted octanol–water partition coefficient (Wildman–Crippen LogP) is 3.40. The number of hydrogen-bond acceptors (Lipinski definition) is 5. The van der Waals surface area contributed by atoms with Gasteiger partial charge in [-0.2, -0.15) is 0 Å². The van der Waals surface area contributed by atoms with E-state index in [2.05, 4.69) is 5.32 Å². The number of non-ortho nitro benzene ring substituents is 1. The molecule has 0 fully saturated rings. The van der Waals surface area contributed by atoms with Gasteiger partial charge in [-0.3, -0.25) is 14.9 Å². The normalized spacial score (nSPS) is 10.5. The maximum atomic E-state index is 13.7. The van der Waals surface area contributed by atoms with Crippen molar-refractivity contribution in [3.8, 4) is 11.5 Å². The minimum absolute atomic E-state index is 0.271. The molecule has 0 aliphatic rings. The number of anilines is 1. The molecule has 2 rings (SSSR count). The highest BCUT2D eigenvalue weighted by Gasteiger charge is 2.12. The quantitative estimate of drug-likeness (QED) is 0.492. The lowest BCUT2D eigenvalue weighted by atomic mass is 10.2. The number of rotatable bonds is 6. The van der Waals surface area contributed by atoms with Crippen LogP contribution in [0.2, 0.25) is 0 Å². The molecule has 0 radical (unpaired) electrons. The van der Waals surface area contributed by atoms with Crippen LogP contribution in [0, 0.1) is 15.9 Å². The van der Waals surface area contributed by atoms with Crippen molar-refractivity contribution < 1.29 is 23.6 Å². The number of nitro groups is 1. The van der Waals surface area contributed by atoms with Gasteiger partial charge in [0.15, 0.2) is 0 Å². The second-order valence-corrected chi connectivity index (χ2v) is 4.89. The Morgan fingerprint density at radius 2 is 1.80 bits per heavy atom. The lowest BCUT2D eigenvalue weighted by Gasteiger charge is -2.06. The van der Waals surface area contributed by atoms with Gasteiger partial charge in [0.2, 0.25) is 5.91 Å². The van der Waals surface area contributed by atoms with Crippen molar-refractivity contribution in [1.82, 2.24) is 0 Å². The molecular weight excluding hydrogens is 331 g/mol. The van der Waals surface area contributed by atoms with Crippen molar-refractivity contribution >= 4 is 23.4 Å². The van der Waals surface area contributed by atoms with E-state index in [-0.39, 0.29) is 11.4 Å². The van der Waals surface area contributed by atoms with Crippen molar-refractivity contribution in [1.29, 1.82) is 0 Å². The lowest BCUT2D eigenvalue weighted by molar-refractivity contribution is -0.384. The van der Waals surface area contributed by atoms with Gasteiger partial charge in [-0.05, 0) is 29.8 Å². The monoisotopic (exact) mass is 346 g/mol. The van der Waals surface area contributed by atoms with Crippen LogP contribution in [0.25, 0.3) is 6.08 Å². The third-order valence-corrected chi connectivity index (χ3v) is 3.22. The molecule has 0 spiro atoms. The first kappa shape index (κ1) is 17.9. The smallest absolute Gasteiger partial charge is 0.271 e. The summed E-state index contributed by atoms with van der Waals surface area (Å²) in [6.07, 6.45) is 2.65. The largest absolute Gasteiger partial charge is 0.497 e. The third-order valence-electron chi connectivity index (χ3n) is 3.22. The molecular formula is C17H15FN2O5. The number of methoxy groups -OCH3 is 2. The molecule has 0 saturated carbocycles. The summed E-state index contributed by atoms with van der Waals surface area (Å²) in [5, 5.41) is 13.0. The molecule has 8 heteroatoms. The molecule has 0 heterocycles. The first-order valence-electron chi connectivity index (χ1n) is 7.09. The number of carbonyl (C=O) groups is 1. The molecule has 1 N–H and O–H groups in total. The van der Waals surface area contributed by atoms with Gasteiger partial charge >= 0.3 is 0 Å². The Labute approximate surface area is 142 Å². The van der Waals surface area contributed by atoms with E-state index >= 15 is 0 Å². The molecule has 2 aromatic rings. The zero-order valence-electron chi connectivity index (χ0n) is 13.5. The topological polar surface area (TPSA) is 90.7 Å². The SMILES string of the molecule is COc1cc(/C=C/C(=O)Nc2cc([N+](=O)[O-])ccc2F)cc(OC)c1. The minimum Gasteiger partial charge on any atom is -0.497 e. The van der Waals surface area contributed by atoms with Crippen LogP contribution < -0.4 is 14.8 Å². The zero-order chi connectivity index (χ0) is 18.4. The van der Waals surface area contributed by atoms with Crippen molar-refractivity contribution in [3.63, 3.8) is 0 Å². The Bertz CT molecular complexity index is 814. The fourth-order valence-corrected chi connectivity index (χ4v) is 1.99. The zero-order valence-corrected chi connectivity index (χ0v) is 13.5. The molecule has 0 bridgehead atoms. The van der Waals surface area contributed by atoms with Gasteiger partial charge in [0, 0.05) is 24.3 Å². The summed E-state index contributed by atoms with van der Waals surface area (Å²) in [7, 11) is 3.00. The van der Waals surface area contributed by atoms with Crippen LogP contribution in [-0.4, -0.2) is 25.1 Å². The molecule has 130 valence electrons. The fraction of sp³-hybridized carbons (Fsp3) is 0.118. The summed E-state index contributed by atoms with van der Waals surface area (Å²) in [5.41, 5.74) is 0.0381. The van der Waals surface area contributed by atoms with E-state index in [0.717, 1.165) is 18.2 Å². The van der Waals surface area contributed by atoms with Crippen LogP contribution in [0.1, 0.15) is 5.56 Å². The molecule has 0 aliphatic carbocycles. The van der Waals surface area contributed by atoms with Crippen LogP contribution >= 0.6 is 0 Å². The summed E-state index contributed by atoms with van der Waals surface area (Å²) >= 11 is 0. The van der Waals surface area contributed by atoms with Crippen molar-refractivity contribution in [2.75, 3.05) is 19.5 Å². The standard InChI is InChI=1S/C17H15FN2O5/c1-24-13-7-11(8-14(10-13)25-2)3-6-17(21)19-16-9-12(20(22)23)4-5-15(16)18/h3-10H,1-2H3,(H,19,21)/b6-3+. The van der Waals surface area contributed by atoms with E-state index in [9.17, 15) is 19.3 Å². The Morgan fingerprint density at radius 1 is 1.16 bits per heavy atom. The van der Waals surface area contributed by atoms with Crippen LogP contribution in [0.5, 0.6) is 11.5 Å². The van der Waals surface area contributed by atoms with E-state index in [1.54, 1.807) is 18.2 Å². The lowest BCUT2D eigenvalue weighted by Crippen LogP contribution is -2.09. The van der Waals surface area contributed by atoms with Gasteiger partial charge in [-0.1, -0.05) is 0 Å². The second-order valence-electron chi connectivity index (χ2n) is 4.89. The Kier molecular flexibility index (Phi) is 5.67. The minimum atomic E-state index is -0.768. The Morgan fingerprint density at radius 3 is 2.36 bits per heavy atom. The van der Waals surface area contributed by atoms with Gasteiger partial charge in [0.25, 0.3) is 5.69 Å². The molecule has 2 aromatic carbocycles. The molecule has 25 heavy (non-hydrogen) atoms. The average Bonchev–Trinajstić information content (AvgIpc) is 2.61. The highest BCUT2D eigenvalue weighted by atomic mass is 19.1. The van der Waals surface area contributed by atoms with Crippen molar-refractivity contribution in [3.05, 3.63) is 64.0 Å². The molecule has 0 atom stereocenters. The number of carbonyl (C=O) groups excluding carboxylic acids is 1. The summed E-state index contributed by atoms with van der Waals surface area (Å²) < 4.78 is 23.9. The highest BCUT2D eigenvalue weighted by molar-refractivity contribution is 6.02. The summed E-state index contributed by atoms with van der Waals surface area (Å²) in [6, 6.07) is 7.93. The molecule has 7 nitrogen and oxygen atoms in total. The van der Waals surface area contributed by atoms with Gasteiger partial charge in [-0.15, -0.1) is 0 Å². The van der Waals surface area contributed by atoms with Crippen molar-refractivity contribution in [2.24, 2.45) is 0 Å². The number of halogens is 1. The maximum Gasteiger partial charge on any atom is 0.271 e. The summed E-state index contributed by atoms with van der Waals surface area (Å²) in [5.74, 6) is -0.315. The molecule has 1 amide bonds. The van der Waals surface area contributed by atoms with Gasteiger partial charge in [0.1, 0.15) is 17.3 Å².